The van der Waals surface area contributed by atoms with E-state index in [0.29, 0.717) is 57.7 Å². The lowest BCUT2D eigenvalue weighted by atomic mass is 9.95. The Hall–Kier alpha value is -4.21. The fourth-order valence-corrected chi connectivity index (χ4v) is 4.22. The van der Waals surface area contributed by atoms with Gasteiger partial charge in [0, 0.05) is 52.3 Å². The predicted octanol–water partition coefficient (Wildman–Crippen LogP) is 4.86. The molecule has 1 aliphatic heterocycles. The van der Waals surface area contributed by atoms with Crippen molar-refractivity contribution >= 4 is 34.9 Å². The summed E-state index contributed by atoms with van der Waals surface area (Å²) in [5, 5.41) is 6.24. The summed E-state index contributed by atoms with van der Waals surface area (Å²) in [5.74, 6) is -1.34. The average Bonchev–Trinajstić information content (AvgIpc) is 3.04. The maximum atomic E-state index is 14.7. The molecule has 0 radical (unpaired) electrons. The number of carbonyl (C=O) groups excluding carboxylic acids is 1. The van der Waals surface area contributed by atoms with Crippen molar-refractivity contribution in [3.63, 3.8) is 0 Å². The molecule has 37 heavy (non-hydrogen) atoms. The number of aromatic nitrogens is 2. The van der Waals surface area contributed by atoms with Crippen molar-refractivity contribution in [3.05, 3.63) is 106 Å². The van der Waals surface area contributed by atoms with Gasteiger partial charge in [-0.3, -0.25) is 9.79 Å². The van der Waals surface area contributed by atoms with E-state index in [2.05, 4.69) is 20.6 Å². The topological polar surface area (TPSA) is 105 Å². The van der Waals surface area contributed by atoms with Gasteiger partial charge < -0.3 is 16.4 Å². The molecule has 5 rings (SSSR count). The number of amides is 1. The summed E-state index contributed by atoms with van der Waals surface area (Å²) in [6.45, 7) is 0.874. The minimum atomic E-state index is -0.718. The van der Waals surface area contributed by atoms with E-state index < -0.39 is 11.6 Å². The quantitative estimate of drug-likeness (QED) is 0.338. The van der Waals surface area contributed by atoms with Gasteiger partial charge in [0.05, 0.1) is 23.5 Å². The number of halogens is 3. The highest BCUT2D eigenvalue weighted by molar-refractivity contribution is 6.31. The standard InChI is InChI=1S/C27H21ClF2N6O/c28-17-6-9-19-20(12-17)25(23-21(29)2-1-3-22(23)30)33-13-16-14-34-27(36-24(16)19)35-18-7-4-15(5-8-18)26(37)32-11-10-31/h1-9,12,14H,10-11,13,31H2,(H,32,37)(H,34,35,36). The SMILES string of the molecule is NCCNC(=O)c1ccc(Nc2ncc3c(n2)-c2ccc(Cl)cc2C(c2c(F)cccc2F)=NC3)cc1. The van der Waals surface area contributed by atoms with Crippen LogP contribution in [0.25, 0.3) is 11.3 Å². The van der Waals surface area contributed by atoms with Crippen LogP contribution in [-0.4, -0.2) is 34.7 Å². The Labute approximate surface area is 216 Å². The van der Waals surface area contributed by atoms with Gasteiger partial charge in [-0.1, -0.05) is 23.7 Å². The van der Waals surface area contributed by atoms with Crippen molar-refractivity contribution in [1.29, 1.82) is 0 Å². The zero-order valence-electron chi connectivity index (χ0n) is 19.4. The fourth-order valence-electron chi connectivity index (χ4n) is 4.04. The van der Waals surface area contributed by atoms with Gasteiger partial charge in [0.15, 0.2) is 0 Å². The fraction of sp³-hybridized carbons (Fsp3) is 0.111. The van der Waals surface area contributed by atoms with Crippen LogP contribution in [-0.2, 0) is 6.54 Å². The highest BCUT2D eigenvalue weighted by atomic mass is 35.5. The maximum absolute atomic E-state index is 14.7. The van der Waals surface area contributed by atoms with Gasteiger partial charge in [-0.15, -0.1) is 0 Å². The van der Waals surface area contributed by atoms with Crippen LogP contribution >= 0.6 is 11.6 Å². The zero-order chi connectivity index (χ0) is 25.9. The second kappa shape index (κ2) is 10.4. The molecule has 0 bridgehead atoms. The molecule has 1 amide bonds. The van der Waals surface area contributed by atoms with Crippen molar-refractivity contribution in [3.8, 4) is 11.3 Å². The molecule has 3 aromatic carbocycles. The summed E-state index contributed by atoms with van der Waals surface area (Å²) in [6.07, 6.45) is 1.63. The van der Waals surface area contributed by atoms with Gasteiger partial charge in [-0.05, 0) is 48.5 Å². The lowest BCUT2D eigenvalue weighted by molar-refractivity contribution is 0.0955. The third-order valence-electron chi connectivity index (χ3n) is 5.80. The normalized spacial score (nSPS) is 12.2. The second-order valence-electron chi connectivity index (χ2n) is 8.27. The molecule has 0 saturated heterocycles. The number of hydrogen-bond acceptors (Lipinski definition) is 6. The second-order valence-corrected chi connectivity index (χ2v) is 8.70. The molecule has 10 heteroatoms. The molecule has 0 fully saturated rings. The molecular formula is C27H21ClF2N6O. The lowest BCUT2D eigenvalue weighted by Gasteiger charge is -2.13. The molecule has 4 N–H and O–H groups in total. The molecule has 0 spiro atoms. The number of benzene rings is 3. The van der Waals surface area contributed by atoms with Crippen LogP contribution in [0.3, 0.4) is 0 Å². The van der Waals surface area contributed by atoms with E-state index in [4.69, 9.17) is 22.3 Å². The Bertz CT molecular complexity index is 1500. The highest BCUT2D eigenvalue weighted by Gasteiger charge is 2.25. The van der Waals surface area contributed by atoms with Crippen LogP contribution in [0.15, 0.2) is 71.9 Å². The molecular weight excluding hydrogens is 498 g/mol. The van der Waals surface area contributed by atoms with Crippen molar-refractivity contribution in [2.75, 3.05) is 18.4 Å². The van der Waals surface area contributed by atoms with E-state index in [1.807, 2.05) is 0 Å². The van der Waals surface area contributed by atoms with Crippen molar-refractivity contribution in [2.24, 2.45) is 10.7 Å². The Morgan fingerprint density at radius 1 is 1.03 bits per heavy atom. The van der Waals surface area contributed by atoms with E-state index >= 15 is 0 Å². The summed E-state index contributed by atoms with van der Waals surface area (Å²) in [5.41, 5.74) is 8.87. The van der Waals surface area contributed by atoms with Crippen molar-refractivity contribution < 1.29 is 13.6 Å². The van der Waals surface area contributed by atoms with Crippen LogP contribution in [0.1, 0.15) is 27.0 Å². The molecule has 2 heterocycles. The molecule has 0 atom stereocenters. The van der Waals surface area contributed by atoms with Gasteiger partial charge in [0.25, 0.3) is 5.91 Å². The molecule has 186 valence electrons. The molecule has 0 unspecified atom stereocenters. The summed E-state index contributed by atoms with van der Waals surface area (Å²) in [4.78, 5) is 25.7. The number of anilines is 2. The van der Waals surface area contributed by atoms with Crippen molar-refractivity contribution in [2.45, 2.75) is 6.54 Å². The van der Waals surface area contributed by atoms with Gasteiger partial charge >= 0.3 is 0 Å². The smallest absolute Gasteiger partial charge is 0.251 e. The van der Waals surface area contributed by atoms with E-state index in [1.165, 1.54) is 18.2 Å². The minimum absolute atomic E-state index is 0.123. The number of carbonyl (C=O) groups is 1. The maximum Gasteiger partial charge on any atom is 0.251 e. The van der Waals surface area contributed by atoms with Crippen LogP contribution in [0.4, 0.5) is 20.4 Å². The summed E-state index contributed by atoms with van der Waals surface area (Å²) >= 11 is 6.27. The average molecular weight is 519 g/mol. The van der Waals surface area contributed by atoms with Gasteiger partial charge in [0.1, 0.15) is 11.6 Å². The largest absolute Gasteiger partial charge is 0.351 e. The Balaban J connectivity index is 1.50. The highest BCUT2D eigenvalue weighted by Crippen LogP contribution is 2.34. The molecule has 0 aliphatic carbocycles. The first-order valence-electron chi connectivity index (χ1n) is 11.4. The third-order valence-corrected chi connectivity index (χ3v) is 6.03. The van der Waals surface area contributed by atoms with Gasteiger partial charge in [-0.25, -0.2) is 18.7 Å². The number of nitrogens with one attached hydrogen (secondary N) is 2. The van der Waals surface area contributed by atoms with E-state index in [0.717, 1.165) is 0 Å². The van der Waals surface area contributed by atoms with E-state index in [1.54, 1.807) is 48.7 Å². The molecule has 7 nitrogen and oxygen atoms in total. The van der Waals surface area contributed by atoms with Crippen LogP contribution in [0.2, 0.25) is 5.02 Å². The first-order valence-corrected chi connectivity index (χ1v) is 11.8. The number of hydrogen-bond donors (Lipinski definition) is 3. The lowest BCUT2D eigenvalue weighted by Crippen LogP contribution is -2.28. The number of aliphatic imine (C=N–C) groups is 1. The van der Waals surface area contributed by atoms with Gasteiger partial charge in [-0.2, -0.15) is 0 Å². The number of nitrogens with zero attached hydrogens (tertiary/aromatic N) is 3. The first-order chi connectivity index (χ1) is 17.9. The Morgan fingerprint density at radius 2 is 1.78 bits per heavy atom. The van der Waals surface area contributed by atoms with E-state index in [9.17, 15) is 13.6 Å². The minimum Gasteiger partial charge on any atom is -0.351 e. The first kappa shape index (κ1) is 24.5. The summed E-state index contributed by atoms with van der Waals surface area (Å²) in [7, 11) is 0. The molecule has 0 saturated carbocycles. The van der Waals surface area contributed by atoms with Crippen LogP contribution in [0, 0.1) is 11.6 Å². The van der Waals surface area contributed by atoms with Crippen LogP contribution < -0.4 is 16.4 Å². The van der Waals surface area contributed by atoms with Crippen molar-refractivity contribution in [1.82, 2.24) is 15.3 Å². The molecule has 1 aliphatic rings. The summed E-state index contributed by atoms with van der Waals surface area (Å²) in [6, 6.07) is 15.6. The summed E-state index contributed by atoms with van der Waals surface area (Å²) < 4.78 is 29.4. The number of nitrogens with two attached hydrogens (primary N) is 1. The molecule has 4 aromatic rings. The third kappa shape index (κ3) is 5.04. The monoisotopic (exact) mass is 518 g/mol. The van der Waals surface area contributed by atoms with E-state index in [-0.39, 0.29) is 23.7 Å². The van der Waals surface area contributed by atoms with Crippen LogP contribution in [0.5, 0.6) is 0 Å². The number of fused-ring (bicyclic) bond motifs is 3. The molecule has 1 aromatic heterocycles. The Morgan fingerprint density at radius 3 is 2.51 bits per heavy atom. The Kier molecular flexibility index (Phi) is 6.89. The predicted molar refractivity (Wildman–Crippen MR) is 139 cm³/mol. The number of rotatable bonds is 6. The zero-order valence-corrected chi connectivity index (χ0v) is 20.2. The van der Waals surface area contributed by atoms with Gasteiger partial charge in [0.2, 0.25) is 5.95 Å².